The highest BCUT2D eigenvalue weighted by Gasteiger charge is 2.30. The van der Waals surface area contributed by atoms with Crippen LogP contribution in [0.1, 0.15) is 18.1 Å². The van der Waals surface area contributed by atoms with Crippen molar-refractivity contribution in [2.24, 2.45) is 0 Å². The van der Waals surface area contributed by atoms with Gasteiger partial charge in [-0.3, -0.25) is 4.18 Å². The Morgan fingerprint density at radius 1 is 1.09 bits per heavy atom. The first-order valence-corrected chi connectivity index (χ1v) is 8.21. The summed E-state index contributed by atoms with van der Waals surface area (Å²) < 4.78 is 29.5. The lowest BCUT2D eigenvalue weighted by atomic mass is 9.85. The molecule has 0 spiro atoms. The predicted molar refractivity (Wildman–Crippen MR) is 83.7 cm³/mol. The number of benzene rings is 2. The molecular weight excluding hydrogens is 298 g/mol. The van der Waals surface area contributed by atoms with Gasteiger partial charge in [-0.05, 0) is 31.5 Å². The van der Waals surface area contributed by atoms with Crippen LogP contribution in [-0.4, -0.2) is 15.0 Å². The average Bonchev–Trinajstić information content (AvgIpc) is 2.54. The SMILES string of the molecule is Cc1ccc(S(=O)(=O)OCC(C)(C#N)c2ccccc2)cc1. The number of nitriles is 1. The minimum absolute atomic E-state index is 0.0893. The van der Waals surface area contributed by atoms with E-state index in [1.54, 1.807) is 43.3 Å². The number of aryl methyl sites for hydroxylation is 1. The Balaban J connectivity index is 2.20. The third-order valence-corrected chi connectivity index (χ3v) is 4.75. The van der Waals surface area contributed by atoms with E-state index in [-0.39, 0.29) is 11.5 Å². The zero-order valence-electron chi connectivity index (χ0n) is 12.5. The zero-order chi connectivity index (χ0) is 16.2. The summed E-state index contributed by atoms with van der Waals surface area (Å²) in [5.74, 6) is 0. The molecule has 1 unspecified atom stereocenters. The van der Waals surface area contributed by atoms with E-state index in [1.165, 1.54) is 12.1 Å². The van der Waals surface area contributed by atoms with Crippen molar-refractivity contribution in [1.29, 1.82) is 5.26 Å². The average molecular weight is 315 g/mol. The normalized spacial score (nSPS) is 14.0. The molecule has 0 aromatic heterocycles. The molecule has 0 N–H and O–H groups in total. The van der Waals surface area contributed by atoms with E-state index in [0.29, 0.717) is 0 Å². The standard InChI is InChI=1S/C17H17NO3S/c1-14-8-10-16(11-9-14)22(19,20)21-13-17(2,12-18)15-6-4-3-5-7-15/h3-11H,13H2,1-2H3. The highest BCUT2D eigenvalue weighted by Crippen LogP contribution is 2.25. The van der Waals surface area contributed by atoms with Gasteiger partial charge in [0.25, 0.3) is 10.1 Å². The van der Waals surface area contributed by atoms with Crippen LogP contribution in [0.4, 0.5) is 0 Å². The van der Waals surface area contributed by atoms with Crippen LogP contribution in [0.2, 0.25) is 0 Å². The van der Waals surface area contributed by atoms with Gasteiger partial charge >= 0.3 is 0 Å². The monoisotopic (exact) mass is 315 g/mol. The molecule has 0 aliphatic heterocycles. The number of rotatable bonds is 5. The Bertz CT molecular complexity index is 777. The zero-order valence-corrected chi connectivity index (χ0v) is 13.3. The number of nitrogens with zero attached hydrogens (tertiary/aromatic N) is 1. The molecule has 5 heteroatoms. The van der Waals surface area contributed by atoms with Crippen LogP contribution in [0.3, 0.4) is 0 Å². The Morgan fingerprint density at radius 3 is 2.23 bits per heavy atom. The Labute approximate surface area is 131 Å². The highest BCUT2D eigenvalue weighted by atomic mass is 32.2. The molecule has 0 saturated heterocycles. The van der Waals surface area contributed by atoms with E-state index >= 15 is 0 Å². The van der Waals surface area contributed by atoms with Crippen molar-refractivity contribution in [3.63, 3.8) is 0 Å². The van der Waals surface area contributed by atoms with E-state index in [9.17, 15) is 13.7 Å². The fraction of sp³-hybridized carbons (Fsp3) is 0.235. The smallest absolute Gasteiger partial charge is 0.264 e. The van der Waals surface area contributed by atoms with Crippen molar-refractivity contribution in [3.05, 3.63) is 65.7 Å². The molecule has 0 radical (unpaired) electrons. The molecule has 0 aliphatic rings. The lowest BCUT2D eigenvalue weighted by Gasteiger charge is -2.21. The summed E-state index contributed by atoms with van der Waals surface area (Å²) in [7, 11) is -3.88. The first kappa shape index (κ1) is 16.2. The molecule has 0 heterocycles. The van der Waals surface area contributed by atoms with Crippen LogP contribution in [0, 0.1) is 18.3 Å². The fourth-order valence-corrected chi connectivity index (χ4v) is 2.95. The topological polar surface area (TPSA) is 67.2 Å². The largest absolute Gasteiger partial charge is 0.297 e. The maximum absolute atomic E-state index is 12.2. The molecule has 0 saturated carbocycles. The van der Waals surface area contributed by atoms with Crippen molar-refractivity contribution in [2.45, 2.75) is 24.2 Å². The molecule has 2 rings (SSSR count). The predicted octanol–water partition coefficient (Wildman–Crippen LogP) is 3.18. The highest BCUT2D eigenvalue weighted by molar-refractivity contribution is 7.86. The maximum Gasteiger partial charge on any atom is 0.297 e. The summed E-state index contributed by atoms with van der Waals surface area (Å²) in [6.07, 6.45) is 0. The summed E-state index contributed by atoms with van der Waals surface area (Å²) in [5, 5.41) is 9.42. The molecule has 114 valence electrons. The lowest BCUT2D eigenvalue weighted by Crippen LogP contribution is -2.28. The third-order valence-electron chi connectivity index (χ3n) is 3.47. The van der Waals surface area contributed by atoms with Crippen molar-refractivity contribution >= 4 is 10.1 Å². The molecule has 0 fully saturated rings. The van der Waals surface area contributed by atoms with Crippen LogP contribution in [-0.2, 0) is 19.7 Å². The van der Waals surface area contributed by atoms with E-state index in [4.69, 9.17) is 4.18 Å². The summed E-state index contributed by atoms with van der Waals surface area (Å²) in [4.78, 5) is 0.0893. The van der Waals surface area contributed by atoms with Gasteiger partial charge in [0.15, 0.2) is 0 Å². The van der Waals surface area contributed by atoms with Gasteiger partial charge in [0.05, 0.1) is 17.6 Å². The van der Waals surface area contributed by atoms with Gasteiger partial charge < -0.3 is 0 Å². The molecular formula is C17H17NO3S. The van der Waals surface area contributed by atoms with Crippen LogP contribution < -0.4 is 0 Å². The van der Waals surface area contributed by atoms with Crippen molar-refractivity contribution in [3.8, 4) is 6.07 Å². The van der Waals surface area contributed by atoms with Gasteiger partial charge in [-0.1, -0.05) is 48.0 Å². The first-order valence-electron chi connectivity index (χ1n) is 6.80. The quantitative estimate of drug-likeness (QED) is 0.795. The van der Waals surface area contributed by atoms with Crippen molar-refractivity contribution in [2.75, 3.05) is 6.61 Å². The van der Waals surface area contributed by atoms with Crippen molar-refractivity contribution in [1.82, 2.24) is 0 Å². The van der Waals surface area contributed by atoms with E-state index in [2.05, 4.69) is 6.07 Å². The Morgan fingerprint density at radius 2 is 1.68 bits per heavy atom. The summed E-state index contributed by atoms with van der Waals surface area (Å²) in [6, 6.07) is 17.6. The van der Waals surface area contributed by atoms with Gasteiger partial charge in [-0.2, -0.15) is 13.7 Å². The van der Waals surface area contributed by atoms with Crippen LogP contribution in [0.25, 0.3) is 0 Å². The van der Waals surface area contributed by atoms with Crippen LogP contribution >= 0.6 is 0 Å². The molecule has 22 heavy (non-hydrogen) atoms. The Hall–Kier alpha value is -2.16. The van der Waals surface area contributed by atoms with Gasteiger partial charge in [0.1, 0.15) is 5.41 Å². The molecule has 2 aromatic carbocycles. The summed E-state index contributed by atoms with van der Waals surface area (Å²) in [6.45, 7) is 3.30. The summed E-state index contributed by atoms with van der Waals surface area (Å²) in [5.41, 5.74) is 0.653. The summed E-state index contributed by atoms with van der Waals surface area (Å²) >= 11 is 0. The molecule has 1 atom stereocenters. The second-order valence-corrected chi connectivity index (χ2v) is 6.95. The van der Waals surface area contributed by atoms with Gasteiger partial charge in [0, 0.05) is 0 Å². The molecule has 0 bridgehead atoms. The maximum atomic E-state index is 12.2. The Kier molecular flexibility index (Phi) is 4.65. The van der Waals surface area contributed by atoms with Gasteiger partial charge in [0.2, 0.25) is 0 Å². The molecule has 4 nitrogen and oxygen atoms in total. The minimum Gasteiger partial charge on any atom is -0.264 e. The van der Waals surface area contributed by atoms with E-state index in [0.717, 1.165) is 11.1 Å². The fourth-order valence-electron chi connectivity index (χ4n) is 1.95. The molecule has 2 aromatic rings. The van der Waals surface area contributed by atoms with E-state index in [1.807, 2.05) is 13.0 Å². The molecule has 0 amide bonds. The first-order chi connectivity index (χ1) is 10.4. The second-order valence-electron chi connectivity index (χ2n) is 5.34. The van der Waals surface area contributed by atoms with Crippen LogP contribution in [0.5, 0.6) is 0 Å². The second kappa shape index (κ2) is 6.30. The molecule has 0 aliphatic carbocycles. The van der Waals surface area contributed by atoms with Crippen LogP contribution in [0.15, 0.2) is 59.5 Å². The van der Waals surface area contributed by atoms with Gasteiger partial charge in [-0.25, -0.2) is 0 Å². The number of hydrogen-bond acceptors (Lipinski definition) is 4. The minimum atomic E-state index is -3.88. The lowest BCUT2D eigenvalue weighted by molar-refractivity contribution is 0.267. The number of hydrogen-bond donors (Lipinski definition) is 0. The van der Waals surface area contributed by atoms with Crippen molar-refractivity contribution < 1.29 is 12.6 Å². The van der Waals surface area contributed by atoms with Gasteiger partial charge in [-0.15, -0.1) is 0 Å². The third kappa shape index (κ3) is 3.53. The van der Waals surface area contributed by atoms with E-state index < -0.39 is 15.5 Å².